The first-order chi connectivity index (χ1) is 12.2. The Morgan fingerprint density at radius 3 is 2.44 bits per heavy atom. The number of hydrogen-bond donors (Lipinski definition) is 2. The van der Waals surface area contributed by atoms with E-state index >= 15 is 0 Å². The molecular weight excluding hydrogens is 336 g/mol. The normalized spacial score (nSPS) is 10.3. The Labute approximate surface area is 148 Å². The van der Waals surface area contributed by atoms with Crippen LogP contribution in [0.3, 0.4) is 0 Å². The first kappa shape index (κ1) is 16.8. The van der Waals surface area contributed by atoms with Crippen LogP contribution in [0.2, 0.25) is 0 Å². The van der Waals surface area contributed by atoms with E-state index in [-0.39, 0.29) is 11.8 Å². The van der Waals surface area contributed by atoms with Crippen LogP contribution in [0, 0.1) is 0 Å². The fourth-order valence-corrected chi connectivity index (χ4v) is 2.91. The second kappa shape index (κ2) is 7.67. The van der Waals surface area contributed by atoms with Crippen molar-refractivity contribution in [2.75, 3.05) is 10.6 Å². The first-order valence-corrected chi connectivity index (χ1v) is 8.58. The summed E-state index contributed by atoms with van der Waals surface area (Å²) in [4.78, 5) is 24.1. The molecule has 0 bridgehead atoms. The smallest absolute Gasteiger partial charge is 0.259 e. The molecule has 7 heteroatoms. The zero-order valence-electron chi connectivity index (χ0n) is 13.5. The molecule has 0 aliphatic carbocycles. The lowest BCUT2D eigenvalue weighted by molar-refractivity contribution is -0.115. The van der Waals surface area contributed by atoms with Crippen LogP contribution in [-0.2, 0) is 4.79 Å². The summed E-state index contributed by atoms with van der Waals surface area (Å²) in [5, 5.41) is 14.7. The van der Waals surface area contributed by atoms with Gasteiger partial charge in [-0.05, 0) is 12.1 Å². The summed E-state index contributed by atoms with van der Waals surface area (Å²) >= 11 is 1.29. The van der Waals surface area contributed by atoms with Crippen LogP contribution in [0.15, 0.2) is 54.6 Å². The number of benzene rings is 2. The van der Waals surface area contributed by atoms with Crippen molar-refractivity contribution in [1.29, 1.82) is 0 Å². The van der Waals surface area contributed by atoms with Crippen LogP contribution >= 0.6 is 11.3 Å². The molecule has 6 nitrogen and oxygen atoms in total. The molecule has 2 aromatic carbocycles. The van der Waals surface area contributed by atoms with E-state index in [0.29, 0.717) is 22.8 Å². The molecule has 0 fully saturated rings. The number of hydrogen-bond acceptors (Lipinski definition) is 5. The summed E-state index contributed by atoms with van der Waals surface area (Å²) in [6.45, 7) is 1.75. The highest BCUT2D eigenvalue weighted by molar-refractivity contribution is 7.18. The van der Waals surface area contributed by atoms with E-state index in [1.54, 1.807) is 31.2 Å². The Kier molecular flexibility index (Phi) is 5.15. The fraction of sp³-hybridized carbons (Fsp3) is 0.111. The highest BCUT2D eigenvalue weighted by atomic mass is 32.1. The van der Waals surface area contributed by atoms with Crippen molar-refractivity contribution in [1.82, 2.24) is 10.2 Å². The number of aromatic nitrogens is 2. The molecule has 0 aliphatic rings. The van der Waals surface area contributed by atoms with Crippen molar-refractivity contribution in [3.05, 3.63) is 60.2 Å². The molecule has 2 N–H and O–H groups in total. The van der Waals surface area contributed by atoms with E-state index < -0.39 is 0 Å². The summed E-state index contributed by atoms with van der Waals surface area (Å²) in [7, 11) is 0. The second-order valence-corrected chi connectivity index (χ2v) is 6.16. The summed E-state index contributed by atoms with van der Waals surface area (Å²) in [6, 6.07) is 16.5. The number of nitrogens with zero attached hydrogens (tertiary/aromatic N) is 2. The van der Waals surface area contributed by atoms with Gasteiger partial charge in [0.25, 0.3) is 5.91 Å². The quantitative estimate of drug-likeness (QED) is 0.731. The number of para-hydroxylation sites is 1. The van der Waals surface area contributed by atoms with Gasteiger partial charge >= 0.3 is 0 Å². The van der Waals surface area contributed by atoms with Crippen molar-refractivity contribution < 1.29 is 9.59 Å². The molecule has 25 heavy (non-hydrogen) atoms. The summed E-state index contributed by atoms with van der Waals surface area (Å²) in [5.74, 6) is -0.495. The predicted molar refractivity (Wildman–Crippen MR) is 98.7 cm³/mol. The third kappa shape index (κ3) is 4.07. The van der Waals surface area contributed by atoms with Gasteiger partial charge in [0.1, 0.15) is 5.01 Å². The van der Waals surface area contributed by atoms with E-state index in [2.05, 4.69) is 20.8 Å². The van der Waals surface area contributed by atoms with E-state index in [4.69, 9.17) is 0 Å². The van der Waals surface area contributed by atoms with Gasteiger partial charge in [-0.3, -0.25) is 14.9 Å². The molecule has 0 radical (unpaired) electrons. The maximum absolute atomic E-state index is 12.5. The van der Waals surface area contributed by atoms with Crippen molar-refractivity contribution in [3.63, 3.8) is 0 Å². The molecule has 0 unspecified atom stereocenters. The Balaban J connectivity index is 1.77. The van der Waals surface area contributed by atoms with Gasteiger partial charge in [0.05, 0.1) is 11.3 Å². The fourth-order valence-electron chi connectivity index (χ4n) is 2.16. The first-order valence-electron chi connectivity index (χ1n) is 7.76. The molecule has 2 amide bonds. The highest BCUT2D eigenvalue weighted by Gasteiger charge is 2.15. The largest absolute Gasteiger partial charge is 0.325 e. The van der Waals surface area contributed by atoms with E-state index in [1.807, 2.05) is 30.3 Å². The van der Waals surface area contributed by atoms with Crippen molar-refractivity contribution >= 4 is 34.0 Å². The third-order valence-electron chi connectivity index (χ3n) is 3.43. The van der Waals surface area contributed by atoms with E-state index in [1.165, 1.54) is 11.3 Å². The maximum atomic E-state index is 12.5. The molecule has 0 saturated carbocycles. The Morgan fingerprint density at radius 2 is 1.68 bits per heavy atom. The molecule has 0 spiro atoms. The minimum absolute atomic E-state index is 0.150. The van der Waals surface area contributed by atoms with Gasteiger partial charge in [-0.15, -0.1) is 10.2 Å². The zero-order valence-corrected chi connectivity index (χ0v) is 14.3. The number of rotatable bonds is 5. The minimum atomic E-state index is -0.345. The molecule has 1 heterocycles. The highest BCUT2D eigenvalue weighted by Crippen LogP contribution is 2.26. The molecule has 126 valence electrons. The van der Waals surface area contributed by atoms with Gasteiger partial charge in [0.2, 0.25) is 11.0 Å². The topological polar surface area (TPSA) is 84.0 Å². The van der Waals surface area contributed by atoms with E-state index in [0.717, 1.165) is 10.6 Å². The van der Waals surface area contributed by atoms with Crippen LogP contribution in [0.5, 0.6) is 0 Å². The average molecular weight is 352 g/mol. The number of carbonyl (C=O) groups is 2. The van der Waals surface area contributed by atoms with Crippen LogP contribution in [0.1, 0.15) is 23.7 Å². The monoisotopic (exact) mass is 352 g/mol. The van der Waals surface area contributed by atoms with Crippen LogP contribution in [-0.4, -0.2) is 22.0 Å². The average Bonchev–Trinajstić information content (AvgIpc) is 3.11. The number of carbonyl (C=O) groups excluding carboxylic acids is 2. The Hall–Kier alpha value is -3.06. The molecular formula is C18H16N4O2S. The number of nitrogens with one attached hydrogen (secondary N) is 2. The van der Waals surface area contributed by atoms with Crippen LogP contribution in [0.4, 0.5) is 10.8 Å². The lowest BCUT2D eigenvalue weighted by Gasteiger charge is -2.09. The molecule has 0 atom stereocenters. The molecule has 1 aromatic heterocycles. The van der Waals surface area contributed by atoms with Gasteiger partial charge in [-0.2, -0.15) is 0 Å². The van der Waals surface area contributed by atoms with Crippen molar-refractivity contribution in [3.8, 4) is 10.6 Å². The van der Waals surface area contributed by atoms with Crippen LogP contribution in [0.25, 0.3) is 10.6 Å². The Morgan fingerprint density at radius 1 is 0.960 bits per heavy atom. The van der Waals surface area contributed by atoms with Crippen molar-refractivity contribution in [2.24, 2.45) is 0 Å². The van der Waals surface area contributed by atoms with Gasteiger partial charge < -0.3 is 5.32 Å². The SMILES string of the molecule is CCC(=O)Nc1ccccc1C(=O)Nc1nnc(-c2ccccc2)s1. The standard InChI is InChI=1S/C18H16N4O2S/c1-2-15(23)19-14-11-7-6-10-13(14)16(24)20-18-22-21-17(25-18)12-8-4-3-5-9-12/h3-11H,2H2,1H3,(H,19,23)(H,20,22,24). The molecule has 0 saturated heterocycles. The molecule has 3 aromatic rings. The third-order valence-corrected chi connectivity index (χ3v) is 4.32. The maximum Gasteiger partial charge on any atom is 0.259 e. The summed E-state index contributed by atoms with van der Waals surface area (Å²) in [6.07, 6.45) is 0.340. The zero-order chi connectivity index (χ0) is 17.6. The van der Waals surface area contributed by atoms with Gasteiger partial charge in [0, 0.05) is 12.0 Å². The van der Waals surface area contributed by atoms with E-state index in [9.17, 15) is 9.59 Å². The minimum Gasteiger partial charge on any atom is -0.325 e. The van der Waals surface area contributed by atoms with Gasteiger partial charge in [0.15, 0.2) is 0 Å². The molecule has 0 aliphatic heterocycles. The van der Waals surface area contributed by atoms with Crippen LogP contribution < -0.4 is 10.6 Å². The lowest BCUT2D eigenvalue weighted by Crippen LogP contribution is -2.17. The lowest BCUT2D eigenvalue weighted by atomic mass is 10.1. The van der Waals surface area contributed by atoms with Gasteiger partial charge in [-0.1, -0.05) is 60.7 Å². The Bertz CT molecular complexity index is 893. The predicted octanol–water partition coefficient (Wildman–Crippen LogP) is 3.81. The second-order valence-electron chi connectivity index (χ2n) is 5.18. The molecule has 3 rings (SSSR count). The van der Waals surface area contributed by atoms with Crippen molar-refractivity contribution in [2.45, 2.75) is 13.3 Å². The van der Waals surface area contributed by atoms with Gasteiger partial charge in [-0.25, -0.2) is 0 Å². The number of anilines is 2. The summed E-state index contributed by atoms with van der Waals surface area (Å²) in [5.41, 5.74) is 1.79. The summed E-state index contributed by atoms with van der Waals surface area (Å²) < 4.78 is 0. The number of amides is 2.